The van der Waals surface area contributed by atoms with Crippen LogP contribution in [0.25, 0.3) is 11.0 Å². The van der Waals surface area contributed by atoms with Crippen molar-refractivity contribution < 1.29 is 4.79 Å². The zero-order valence-corrected chi connectivity index (χ0v) is 15.1. The highest BCUT2D eigenvalue weighted by molar-refractivity contribution is 5.97. The topological polar surface area (TPSA) is 82.2 Å². The Balaban J connectivity index is 1.43. The van der Waals surface area contributed by atoms with Gasteiger partial charge in [-0.15, -0.1) is 0 Å². The van der Waals surface area contributed by atoms with Crippen LogP contribution in [-0.2, 0) is 0 Å². The Kier molecular flexibility index (Phi) is 5.08. The Labute approximate surface area is 152 Å². The molecule has 4 rings (SSSR count). The van der Waals surface area contributed by atoms with Crippen molar-refractivity contribution in [3.8, 4) is 0 Å². The van der Waals surface area contributed by atoms with E-state index in [1.807, 2.05) is 16.7 Å². The molecule has 1 saturated heterocycles. The van der Waals surface area contributed by atoms with E-state index < -0.39 is 0 Å². The van der Waals surface area contributed by atoms with Crippen LogP contribution in [0.1, 0.15) is 42.1 Å². The number of nitrogens with zero attached hydrogens (tertiary/aromatic N) is 2. The van der Waals surface area contributed by atoms with Crippen LogP contribution < -0.4 is 16.3 Å². The summed E-state index contributed by atoms with van der Waals surface area (Å²) in [5, 5.41) is 6.31. The number of aromatic nitrogens is 2. The smallest absolute Gasteiger partial charge is 0.326 e. The van der Waals surface area contributed by atoms with Crippen LogP contribution in [0, 0.1) is 0 Å². The van der Waals surface area contributed by atoms with Crippen LogP contribution in [0.4, 0.5) is 0 Å². The molecule has 1 aromatic heterocycles. The van der Waals surface area contributed by atoms with Gasteiger partial charge in [0.2, 0.25) is 0 Å². The highest BCUT2D eigenvalue weighted by Crippen LogP contribution is 2.30. The van der Waals surface area contributed by atoms with E-state index in [0.29, 0.717) is 12.1 Å². The maximum Gasteiger partial charge on any atom is 0.326 e. The second-order valence-electron chi connectivity index (χ2n) is 7.32. The van der Waals surface area contributed by atoms with E-state index in [0.717, 1.165) is 56.6 Å². The lowest BCUT2D eigenvalue weighted by molar-refractivity contribution is 0.0947. The molecule has 2 aliphatic rings. The summed E-state index contributed by atoms with van der Waals surface area (Å²) in [6.07, 6.45) is 4.47. The third-order valence-electron chi connectivity index (χ3n) is 5.59. The maximum absolute atomic E-state index is 12.4. The van der Waals surface area contributed by atoms with E-state index in [9.17, 15) is 9.59 Å². The van der Waals surface area contributed by atoms with Crippen molar-refractivity contribution in [1.29, 1.82) is 0 Å². The predicted octanol–water partition coefficient (Wildman–Crippen LogP) is 1.08. The molecule has 1 aliphatic heterocycles. The fraction of sp³-hybridized carbons (Fsp3) is 0.579. The average molecular weight is 357 g/mol. The number of hydrogen-bond acceptors (Lipinski definition) is 4. The molecule has 7 nitrogen and oxygen atoms in total. The number of benzene rings is 1. The van der Waals surface area contributed by atoms with Crippen LogP contribution >= 0.6 is 0 Å². The Morgan fingerprint density at radius 2 is 1.96 bits per heavy atom. The summed E-state index contributed by atoms with van der Waals surface area (Å²) in [6, 6.07) is 5.80. The lowest BCUT2D eigenvalue weighted by Gasteiger charge is -2.27. The first-order chi connectivity index (χ1) is 12.7. The van der Waals surface area contributed by atoms with E-state index in [4.69, 9.17) is 0 Å². The van der Waals surface area contributed by atoms with Crippen molar-refractivity contribution in [3.63, 3.8) is 0 Å². The lowest BCUT2D eigenvalue weighted by Crippen LogP contribution is -2.46. The molecule has 140 valence electrons. The summed E-state index contributed by atoms with van der Waals surface area (Å²) in [7, 11) is 0. The van der Waals surface area contributed by atoms with Gasteiger partial charge in [-0.3, -0.25) is 14.3 Å². The number of imidazole rings is 1. The van der Waals surface area contributed by atoms with Crippen molar-refractivity contribution in [2.24, 2.45) is 0 Å². The molecule has 1 amide bonds. The fourth-order valence-corrected chi connectivity index (χ4v) is 4.16. The number of hydrogen-bond donors (Lipinski definition) is 3. The first-order valence-electron chi connectivity index (χ1n) is 9.68. The third-order valence-corrected chi connectivity index (χ3v) is 5.59. The molecule has 26 heavy (non-hydrogen) atoms. The van der Waals surface area contributed by atoms with Gasteiger partial charge in [0.25, 0.3) is 5.91 Å². The standard InChI is InChI=1S/C19H27N5O2/c25-18(21-9-12-23-10-7-20-8-11-23)14-5-6-17-16(13-14)22-19(26)24(17)15-3-1-2-4-15/h5-6,13,15,20H,1-4,7-12H2,(H,21,25)(H,22,26). The zero-order chi connectivity index (χ0) is 17.9. The van der Waals surface area contributed by atoms with Crippen molar-refractivity contribution in [1.82, 2.24) is 25.1 Å². The van der Waals surface area contributed by atoms with Gasteiger partial charge in [-0.05, 0) is 31.0 Å². The summed E-state index contributed by atoms with van der Waals surface area (Å²) in [5.41, 5.74) is 2.18. The SMILES string of the molecule is O=C(NCCN1CCNCC1)c1ccc2c(c1)[nH]c(=O)n2C1CCCC1. The van der Waals surface area contributed by atoms with Crippen LogP contribution in [0.15, 0.2) is 23.0 Å². The van der Waals surface area contributed by atoms with Crippen LogP contribution in [0.5, 0.6) is 0 Å². The van der Waals surface area contributed by atoms with Gasteiger partial charge in [0.15, 0.2) is 0 Å². The van der Waals surface area contributed by atoms with Crippen LogP contribution in [0.2, 0.25) is 0 Å². The first-order valence-corrected chi connectivity index (χ1v) is 9.68. The van der Waals surface area contributed by atoms with E-state index in [1.54, 1.807) is 6.07 Å². The number of aromatic amines is 1. The summed E-state index contributed by atoms with van der Waals surface area (Å²) >= 11 is 0. The van der Waals surface area contributed by atoms with Crippen molar-refractivity contribution >= 4 is 16.9 Å². The van der Waals surface area contributed by atoms with E-state index >= 15 is 0 Å². The van der Waals surface area contributed by atoms with Gasteiger partial charge >= 0.3 is 5.69 Å². The average Bonchev–Trinajstić information content (AvgIpc) is 3.28. The van der Waals surface area contributed by atoms with Gasteiger partial charge in [0.1, 0.15) is 0 Å². The minimum Gasteiger partial charge on any atom is -0.351 e. The Hall–Kier alpha value is -2.12. The Bertz CT molecular complexity index is 828. The van der Waals surface area contributed by atoms with Gasteiger partial charge in [0, 0.05) is 50.9 Å². The number of H-pyrrole nitrogens is 1. The summed E-state index contributed by atoms with van der Waals surface area (Å²) in [5.74, 6) is -0.0866. The maximum atomic E-state index is 12.4. The molecule has 2 heterocycles. The second kappa shape index (κ2) is 7.63. The monoisotopic (exact) mass is 357 g/mol. The molecular weight excluding hydrogens is 330 g/mol. The molecule has 3 N–H and O–H groups in total. The van der Waals surface area contributed by atoms with Crippen molar-refractivity contribution in [2.75, 3.05) is 39.3 Å². The van der Waals surface area contributed by atoms with E-state index in [2.05, 4.69) is 20.5 Å². The molecule has 0 atom stereocenters. The highest BCUT2D eigenvalue weighted by atomic mass is 16.2. The molecule has 0 bridgehead atoms. The van der Waals surface area contributed by atoms with Crippen molar-refractivity contribution in [3.05, 3.63) is 34.2 Å². The molecule has 1 aliphatic carbocycles. The number of fused-ring (bicyclic) bond motifs is 1. The van der Waals surface area contributed by atoms with E-state index in [1.165, 1.54) is 12.8 Å². The van der Waals surface area contributed by atoms with Gasteiger partial charge in [-0.1, -0.05) is 12.8 Å². The first kappa shape index (κ1) is 17.3. The Morgan fingerprint density at radius 1 is 1.19 bits per heavy atom. The molecule has 7 heteroatoms. The second-order valence-corrected chi connectivity index (χ2v) is 7.32. The molecule has 1 aromatic carbocycles. The molecular formula is C19H27N5O2. The molecule has 1 saturated carbocycles. The van der Waals surface area contributed by atoms with Crippen molar-refractivity contribution in [2.45, 2.75) is 31.7 Å². The molecule has 2 aromatic rings. The van der Waals surface area contributed by atoms with Gasteiger partial charge < -0.3 is 15.6 Å². The van der Waals surface area contributed by atoms with Gasteiger partial charge in [0.05, 0.1) is 11.0 Å². The minimum atomic E-state index is -0.0866. The number of rotatable bonds is 5. The molecule has 0 radical (unpaired) electrons. The fourth-order valence-electron chi connectivity index (χ4n) is 4.16. The third kappa shape index (κ3) is 3.54. The highest BCUT2D eigenvalue weighted by Gasteiger charge is 2.21. The van der Waals surface area contributed by atoms with Gasteiger partial charge in [-0.2, -0.15) is 0 Å². The molecule has 0 unspecified atom stereocenters. The lowest BCUT2D eigenvalue weighted by atomic mass is 10.1. The Morgan fingerprint density at radius 3 is 2.73 bits per heavy atom. The van der Waals surface area contributed by atoms with Crippen LogP contribution in [0.3, 0.4) is 0 Å². The van der Waals surface area contributed by atoms with Crippen LogP contribution in [-0.4, -0.2) is 59.6 Å². The largest absolute Gasteiger partial charge is 0.351 e. The summed E-state index contributed by atoms with van der Waals surface area (Å²) < 4.78 is 1.87. The summed E-state index contributed by atoms with van der Waals surface area (Å²) in [4.78, 5) is 30.1. The van der Waals surface area contributed by atoms with Gasteiger partial charge in [-0.25, -0.2) is 4.79 Å². The quantitative estimate of drug-likeness (QED) is 0.748. The zero-order valence-electron chi connectivity index (χ0n) is 15.1. The number of nitrogens with one attached hydrogen (secondary N) is 3. The van der Waals surface area contributed by atoms with E-state index in [-0.39, 0.29) is 17.6 Å². The minimum absolute atomic E-state index is 0.0665. The predicted molar refractivity (Wildman–Crippen MR) is 102 cm³/mol. The number of amides is 1. The normalized spacial score (nSPS) is 19.2. The number of carbonyl (C=O) groups is 1. The summed E-state index contributed by atoms with van der Waals surface area (Å²) in [6.45, 7) is 5.57. The molecule has 0 spiro atoms. The number of carbonyl (C=O) groups excluding carboxylic acids is 1. The number of piperazine rings is 1. The molecule has 2 fully saturated rings.